The van der Waals surface area contributed by atoms with E-state index in [0.29, 0.717) is 17.0 Å². The molecule has 5 heteroatoms. The molecule has 1 aliphatic heterocycles. The predicted octanol–water partition coefficient (Wildman–Crippen LogP) is 3.78. The van der Waals surface area contributed by atoms with Gasteiger partial charge in [0.15, 0.2) is 0 Å². The van der Waals surface area contributed by atoms with Crippen LogP contribution in [0.3, 0.4) is 0 Å². The van der Waals surface area contributed by atoms with E-state index in [2.05, 4.69) is 5.43 Å². The molecule has 2 atom stereocenters. The zero-order valence-electron chi connectivity index (χ0n) is 13.4. The second kappa shape index (κ2) is 7.05. The van der Waals surface area contributed by atoms with Crippen molar-refractivity contribution >= 4 is 23.4 Å². The lowest BCUT2D eigenvalue weighted by Gasteiger charge is -2.27. The highest BCUT2D eigenvalue weighted by Crippen LogP contribution is 2.35. The molecule has 1 fully saturated rings. The van der Waals surface area contributed by atoms with Crippen LogP contribution in [0.4, 0.5) is 0 Å². The lowest BCUT2D eigenvalue weighted by atomic mass is 9.90. The fourth-order valence-corrected chi connectivity index (χ4v) is 3.34. The summed E-state index contributed by atoms with van der Waals surface area (Å²) in [5.41, 5.74) is 4.37. The van der Waals surface area contributed by atoms with Gasteiger partial charge in [-0.05, 0) is 36.2 Å². The molecular formula is C19H19ClN2O2. The van der Waals surface area contributed by atoms with Crippen molar-refractivity contribution in [2.24, 2.45) is 0 Å². The Balaban J connectivity index is 1.78. The summed E-state index contributed by atoms with van der Waals surface area (Å²) < 4.78 is 0. The van der Waals surface area contributed by atoms with Gasteiger partial charge in [-0.15, -0.1) is 0 Å². The van der Waals surface area contributed by atoms with Crippen molar-refractivity contribution in [1.29, 1.82) is 0 Å². The molecule has 2 aromatic carbocycles. The van der Waals surface area contributed by atoms with E-state index in [1.165, 1.54) is 5.01 Å². The zero-order chi connectivity index (χ0) is 17.1. The molecular weight excluding hydrogens is 324 g/mol. The molecule has 0 aromatic heterocycles. The molecule has 24 heavy (non-hydrogen) atoms. The first-order valence-corrected chi connectivity index (χ1v) is 8.41. The topological polar surface area (TPSA) is 49.4 Å². The molecule has 2 aromatic rings. The summed E-state index contributed by atoms with van der Waals surface area (Å²) in [6.45, 7) is 2.03. The maximum absolute atomic E-state index is 12.4. The fourth-order valence-electron chi connectivity index (χ4n) is 3.22. The van der Waals surface area contributed by atoms with Crippen molar-refractivity contribution in [2.45, 2.75) is 31.7 Å². The molecule has 0 aliphatic carbocycles. The molecule has 3 rings (SSSR count). The number of hydrazine groups is 1. The normalized spacial score (nSPS) is 20.2. The summed E-state index contributed by atoms with van der Waals surface area (Å²) >= 11 is 5.85. The molecule has 1 saturated heterocycles. The highest BCUT2D eigenvalue weighted by atomic mass is 35.5. The van der Waals surface area contributed by atoms with Gasteiger partial charge >= 0.3 is 0 Å². The van der Waals surface area contributed by atoms with E-state index < -0.39 is 0 Å². The quantitative estimate of drug-likeness (QED) is 0.919. The Labute approximate surface area is 146 Å². The molecule has 0 unspecified atom stereocenters. The Morgan fingerprint density at radius 1 is 1.17 bits per heavy atom. The van der Waals surface area contributed by atoms with Crippen LogP contribution in [-0.4, -0.2) is 22.9 Å². The lowest BCUT2D eigenvalue weighted by Crippen LogP contribution is -2.48. The minimum atomic E-state index is -0.299. The highest BCUT2D eigenvalue weighted by Gasteiger charge is 2.40. The largest absolute Gasteiger partial charge is 0.273 e. The number of nitrogens with zero attached hydrogens (tertiary/aromatic N) is 1. The summed E-state index contributed by atoms with van der Waals surface area (Å²) in [6, 6.07) is 16.5. The van der Waals surface area contributed by atoms with Gasteiger partial charge in [-0.2, -0.15) is 0 Å². The van der Waals surface area contributed by atoms with Gasteiger partial charge in [0.1, 0.15) is 0 Å². The molecule has 124 valence electrons. The third kappa shape index (κ3) is 3.29. The van der Waals surface area contributed by atoms with Crippen molar-refractivity contribution < 1.29 is 9.59 Å². The Hall–Kier alpha value is -2.33. The Morgan fingerprint density at radius 3 is 2.46 bits per heavy atom. The standard InChI is InChI=1S/C19H19ClN2O2/c1-2-17-16(13-6-4-3-5-7-13)12-18(23)22(17)21-19(24)14-8-10-15(20)11-9-14/h3-11,16-17H,2,12H2,1H3,(H,21,24)/t16-,17-/m0/s1. The smallest absolute Gasteiger partial charge is 0.269 e. The van der Waals surface area contributed by atoms with Gasteiger partial charge < -0.3 is 0 Å². The van der Waals surface area contributed by atoms with Crippen LogP contribution in [0.5, 0.6) is 0 Å². The summed E-state index contributed by atoms with van der Waals surface area (Å²) in [6.07, 6.45) is 1.18. The maximum atomic E-state index is 12.4. The predicted molar refractivity (Wildman–Crippen MR) is 93.6 cm³/mol. The van der Waals surface area contributed by atoms with Gasteiger partial charge in [-0.1, -0.05) is 48.9 Å². The van der Waals surface area contributed by atoms with Crippen LogP contribution in [-0.2, 0) is 4.79 Å². The molecule has 1 heterocycles. The van der Waals surface area contributed by atoms with Gasteiger partial charge in [-0.3, -0.25) is 20.0 Å². The summed E-state index contributed by atoms with van der Waals surface area (Å²) in [5.74, 6) is -0.264. The first kappa shape index (κ1) is 16.5. The first-order chi connectivity index (χ1) is 11.6. The van der Waals surface area contributed by atoms with Crippen LogP contribution in [0.15, 0.2) is 54.6 Å². The number of nitrogens with one attached hydrogen (secondary N) is 1. The molecule has 0 spiro atoms. The monoisotopic (exact) mass is 342 g/mol. The first-order valence-electron chi connectivity index (χ1n) is 8.03. The average molecular weight is 343 g/mol. The molecule has 4 nitrogen and oxygen atoms in total. The molecule has 1 N–H and O–H groups in total. The van der Waals surface area contributed by atoms with Gasteiger partial charge in [0, 0.05) is 22.9 Å². The van der Waals surface area contributed by atoms with E-state index >= 15 is 0 Å². The van der Waals surface area contributed by atoms with Gasteiger partial charge in [0.2, 0.25) is 5.91 Å². The average Bonchev–Trinajstić information content (AvgIpc) is 2.92. The van der Waals surface area contributed by atoms with Crippen LogP contribution in [0.2, 0.25) is 5.02 Å². The maximum Gasteiger partial charge on any atom is 0.269 e. The van der Waals surface area contributed by atoms with Crippen LogP contribution in [0.1, 0.15) is 41.6 Å². The van der Waals surface area contributed by atoms with Crippen molar-refractivity contribution in [3.8, 4) is 0 Å². The number of halogens is 1. The van der Waals surface area contributed by atoms with E-state index in [1.54, 1.807) is 24.3 Å². The summed E-state index contributed by atoms with van der Waals surface area (Å²) in [7, 11) is 0. The summed E-state index contributed by atoms with van der Waals surface area (Å²) in [4.78, 5) is 24.9. The number of hydrogen-bond acceptors (Lipinski definition) is 2. The number of hydrogen-bond donors (Lipinski definition) is 1. The van der Waals surface area contributed by atoms with Crippen molar-refractivity contribution in [1.82, 2.24) is 10.4 Å². The number of carbonyl (C=O) groups excluding carboxylic acids is 2. The van der Waals surface area contributed by atoms with E-state index in [0.717, 1.165) is 12.0 Å². The van der Waals surface area contributed by atoms with Crippen LogP contribution >= 0.6 is 11.6 Å². The van der Waals surface area contributed by atoms with E-state index in [1.807, 2.05) is 37.3 Å². The molecule has 0 saturated carbocycles. The van der Waals surface area contributed by atoms with Crippen molar-refractivity contribution in [3.05, 3.63) is 70.7 Å². The van der Waals surface area contributed by atoms with Gasteiger partial charge in [0.05, 0.1) is 6.04 Å². The summed E-state index contributed by atoms with van der Waals surface area (Å²) in [5, 5.41) is 2.06. The van der Waals surface area contributed by atoms with Gasteiger partial charge in [0.25, 0.3) is 5.91 Å². The molecule has 0 bridgehead atoms. The molecule has 1 aliphatic rings. The highest BCUT2D eigenvalue weighted by molar-refractivity contribution is 6.30. The minimum absolute atomic E-state index is 0.0452. The molecule has 2 amide bonds. The number of amides is 2. The second-order valence-electron chi connectivity index (χ2n) is 5.91. The van der Waals surface area contributed by atoms with Crippen LogP contribution in [0, 0.1) is 0 Å². The van der Waals surface area contributed by atoms with Crippen LogP contribution in [0.25, 0.3) is 0 Å². The third-order valence-corrected chi connectivity index (χ3v) is 4.69. The number of rotatable bonds is 4. The van der Waals surface area contributed by atoms with E-state index in [-0.39, 0.29) is 23.8 Å². The van der Waals surface area contributed by atoms with Crippen LogP contribution < -0.4 is 5.43 Å². The van der Waals surface area contributed by atoms with Crippen molar-refractivity contribution in [2.75, 3.05) is 0 Å². The Bertz CT molecular complexity index is 731. The SMILES string of the molecule is CC[C@H]1[C@H](c2ccccc2)CC(=O)N1NC(=O)c1ccc(Cl)cc1. The fraction of sp³-hybridized carbons (Fsp3) is 0.263. The lowest BCUT2D eigenvalue weighted by molar-refractivity contribution is -0.131. The molecule has 0 radical (unpaired) electrons. The van der Waals surface area contributed by atoms with E-state index in [9.17, 15) is 9.59 Å². The minimum Gasteiger partial charge on any atom is -0.273 e. The number of carbonyl (C=O) groups is 2. The van der Waals surface area contributed by atoms with Gasteiger partial charge in [-0.25, -0.2) is 0 Å². The number of benzene rings is 2. The third-order valence-electron chi connectivity index (χ3n) is 4.43. The Kier molecular flexibility index (Phi) is 4.86. The zero-order valence-corrected chi connectivity index (χ0v) is 14.2. The Morgan fingerprint density at radius 2 is 1.83 bits per heavy atom. The second-order valence-corrected chi connectivity index (χ2v) is 6.34. The van der Waals surface area contributed by atoms with Crippen molar-refractivity contribution in [3.63, 3.8) is 0 Å². The van der Waals surface area contributed by atoms with E-state index in [4.69, 9.17) is 11.6 Å².